The predicted molar refractivity (Wildman–Crippen MR) is 83.7 cm³/mol. The molecule has 0 amide bonds. The molecular weight excluding hydrogens is 312 g/mol. The van der Waals surface area contributed by atoms with Crippen molar-refractivity contribution in [2.24, 2.45) is 11.8 Å². The summed E-state index contributed by atoms with van der Waals surface area (Å²) >= 11 is 0. The maximum atomic E-state index is 11.7. The van der Waals surface area contributed by atoms with Crippen LogP contribution >= 0.6 is 0 Å². The zero-order valence-corrected chi connectivity index (χ0v) is 12.9. The molecule has 1 aromatic rings. The molecule has 0 bridgehead atoms. The minimum Gasteiger partial charge on any atom is -0.285 e. The van der Waals surface area contributed by atoms with Crippen molar-refractivity contribution in [3.8, 4) is 12.1 Å². The van der Waals surface area contributed by atoms with Crippen molar-refractivity contribution >= 4 is 10.1 Å². The Morgan fingerprint density at radius 3 is 2.52 bits per heavy atom. The number of nitrogens with zero attached hydrogens (tertiary/aromatic N) is 2. The van der Waals surface area contributed by atoms with E-state index in [2.05, 4.69) is 12.2 Å². The van der Waals surface area contributed by atoms with Gasteiger partial charge in [-0.3, -0.25) is 4.55 Å². The topological polar surface area (TPSA) is 102 Å². The lowest BCUT2D eigenvalue weighted by molar-refractivity contribution is 0.461. The summed E-state index contributed by atoms with van der Waals surface area (Å²) in [7, 11) is -4.56. The van der Waals surface area contributed by atoms with Crippen molar-refractivity contribution in [1.29, 1.82) is 10.5 Å². The van der Waals surface area contributed by atoms with Crippen LogP contribution in [0.25, 0.3) is 0 Å². The lowest BCUT2D eigenvalue weighted by atomic mass is 9.89. The van der Waals surface area contributed by atoms with Crippen LogP contribution in [0.1, 0.15) is 27.9 Å². The quantitative estimate of drug-likeness (QED) is 0.860. The first kappa shape index (κ1) is 15.5. The maximum Gasteiger partial charge on any atom is 0.274 e. The Morgan fingerprint density at radius 1 is 1.17 bits per heavy atom. The molecule has 6 heteroatoms. The smallest absolute Gasteiger partial charge is 0.274 e. The lowest BCUT2D eigenvalue weighted by Crippen LogP contribution is -2.20. The van der Waals surface area contributed by atoms with Crippen molar-refractivity contribution in [3.05, 3.63) is 59.2 Å². The summed E-state index contributed by atoms with van der Waals surface area (Å²) in [6.07, 6.45) is 9.00. The largest absolute Gasteiger partial charge is 0.285 e. The van der Waals surface area contributed by atoms with Gasteiger partial charge in [-0.1, -0.05) is 42.5 Å². The van der Waals surface area contributed by atoms with E-state index in [9.17, 15) is 13.0 Å². The molecule has 3 unspecified atom stereocenters. The molecule has 3 rings (SSSR count). The van der Waals surface area contributed by atoms with E-state index in [0.29, 0.717) is 5.92 Å². The van der Waals surface area contributed by atoms with Crippen LogP contribution in [0.4, 0.5) is 0 Å². The summed E-state index contributed by atoms with van der Waals surface area (Å²) in [4.78, 5) is 0. The Balaban J connectivity index is 2.06. The summed E-state index contributed by atoms with van der Waals surface area (Å²) in [6, 6.07) is 8.43. The van der Waals surface area contributed by atoms with Gasteiger partial charge in [0.05, 0.1) is 12.1 Å². The molecule has 0 aromatic heterocycles. The highest BCUT2D eigenvalue weighted by molar-refractivity contribution is 7.86. The average molecular weight is 326 g/mol. The van der Waals surface area contributed by atoms with Crippen molar-refractivity contribution < 1.29 is 13.0 Å². The highest BCUT2D eigenvalue weighted by Gasteiger charge is 2.36. The molecule has 0 spiro atoms. The summed E-state index contributed by atoms with van der Waals surface area (Å²) in [5.74, 6) is -0.834. The molecule has 0 aliphatic heterocycles. The van der Waals surface area contributed by atoms with Crippen molar-refractivity contribution in [2.75, 3.05) is 0 Å². The first-order chi connectivity index (χ1) is 11.0. The standard InChI is InChI=1S/C17H14N2O3S/c18-9-14(10-19)17(23(20,21)22)12-5-6-16-13(8-12)7-11-3-1-2-4-15(11)16/h1-6,8,11,14-15,17H,7H2,(H,20,21,22). The Kier molecular flexibility index (Phi) is 3.81. The Labute approximate surface area is 134 Å². The second-order valence-electron chi connectivity index (χ2n) is 5.79. The van der Waals surface area contributed by atoms with E-state index < -0.39 is 21.3 Å². The summed E-state index contributed by atoms with van der Waals surface area (Å²) in [5.41, 5.74) is 2.40. The lowest BCUT2D eigenvalue weighted by Gasteiger charge is -2.17. The van der Waals surface area contributed by atoms with E-state index in [1.165, 1.54) is 0 Å². The number of benzene rings is 1. The van der Waals surface area contributed by atoms with Gasteiger partial charge in [-0.05, 0) is 29.0 Å². The molecule has 23 heavy (non-hydrogen) atoms. The fourth-order valence-electron chi connectivity index (χ4n) is 3.44. The van der Waals surface area contributed by atoms with Gasteiger partial charge in [0, 0.05) is 5.92 Å². The third kappa shape index (κ3) is 2.68. The van der Waals surface area contributed by atoms with Gasteiger partial charge in [-0.2, -0.15) is 18.9 Å². The molecule has 0 fully saturated rings. The van der Waals surface area contributed by atoms with Gasteiger partial charge in [0.2, 0.25) is 0 Å². The van der Waals surface area contributed by atoms with E-state index in [1.807, 2.05) is 18.2 Å². The molecule has 116 valence electrons. The minimum atomic E-state index is -4.56. The van der Waals surface area contributed by atoms with Gasteiger partial charge >= 0.3 is 0 Å². The van der Waals surface area contributed by atoms with Crippen molar-refractivity contribution in [3.63, 3.8) is 0 Å². The Hall–Kier alpha value is -2.41. The highest BCUT2D eigenvalue weighted by atomic mass is 32.2. The van der Waals surface area contributed by atoms with Crippen LogP contribution in [0.5, 0.6) is 0 Å². The number of hydrogen-bond donors (Lipinski definition) is 1. The van der Waals surface area contributed by atoms with Gasteiger partial charge < -0.3 is 0 Å². The molecule has 1 aromatic carbocycles. The molecule has 2 aliphatic carbocycles. The summed E-state index contributed by atoms with van der Waals surface area (Å²) < 4.78 is 32.8. The fourth-order valence-corrected chi connectivity index (χ4v) is 4.40. The van der Waals surface area contributed by atoms with Crippen LogP contribution in [0, 0.1) is 34.5 Å². The number of nitriles is 2. The zero-order chi connectivity index (χ0) is 16.6. The molecule has 1 N–H and O–H groups in total. The number of rotatable bonds is 3. The Bertz CT molecular complexity index is 873. The molecular formula is C17H14N2O3S. The molecule has 0 saturated carbocycles. The minimum absolute atomic E-state index is 0.274. The van der Waals surface area contributed by atoms with Crippen LogP contribution in [-0.2, 0) is 16.5 Å². The third-order valence-corrected chi connectivity index (χ3v) is 5.65. The van der Waals surface area contributed by atoms with E-state index in [0.717, 1.165) is 17.5 Å². The van der Waals surface area contributed by atoms with E-state index in [-0.39, 0.29) is 11.5 Å². The van der Waals surface area contributed by atoms with Gasteiger partial charge in [0.1, 0.15) is 5.25 Å². The first-order valence-electron chi connectivity index (χ1n) is 7.19. The normalized spacial score (nSPS) is 23.0. The number of allylic oxidation sites excluding steroid dienone is 4. The molecule has 5 nitrogen and oxygen atoms in total. The molecule has 2 aliphatic rings. The van der Waals surface area contributed by atoms with Gasteiger partial charge in [-0.25, -0.2) is 0 Å². The molecule has 0 radical (unpaired) electrons. The second kappa shape index (κ2) is 5.66. The predicted octanol–water partition coefficient (Wildman–Crippen LogP) is 2.66. The fraction of sp³-hybridized carbons (Fsp3) is 0.294. The number of hydrogen-bond acceptors (Lipinski definition) is 4. The first-order valence-corrected chi connectivity index (χ1v) is 8.69. The summed E-state index contributed by atoms with van der Waals surface area (Å²) in [6.45, 7) is 0. The van der Waals surface area contributed by atoms with Crippen LogP contribution in [0.2, 0.25) is 0 Å². The van der Waals surface area contributed by atoms with Crippen molar-refractivity contribution in [2.45, 2.75) is 17.6 Å². The van der Waals surface area contributed by atoms with Crippen LogP contribution in [0.3, 0.4) is 0 Å². The third-order valence-electron chi connectivity index (χ3n) is 4.46. The summed E-state index contributed by atoms with van der Waals surface area (Å²) in [5, 5.41) is 16.5. The van der Waals surface area contributed by atoms with E-state index in [1.54, 1.807) is 24.3 Å². The molecule has 0 saturated heterocycles. The zero-order valence-electron chi connectivity index (χ0n) is 12.1. The maximum absolute atomic E-state index is 11.7. The highest BCUT2D eigenvalue weighted by Crippen LogP contribution is 2.43. The van der Waals surface area contributed by atoms with E-state index >= 15 is 0 Å². The second-order valence-corrected chi connectivity index (χ2v) is 7.33. The van der Waals surface area contributed by atoms with Gasteiger partial charge in [0.25, 0.3) is 10.1 Å². The molecule has 3 atom stereocenters. The van der Waals surface area contributed by atoms with Crippen LogP contribution in [-0.4, -0.2) is 13.0 Å². The van der Waals surface area contributed by atoms with Crippen molar-refractivity contribution in [1.82, 2.24) is 0 Å². The van der Waals surface area contributed by atoms with Gasteiger partial charge in [0.15, 0.2) is 5.92 Å². The average Bonchev–Trinajstić information content (AvgIpc) is 2.88. The van der Waals surface area contributed by atoms with Crippen LogP contribution < -0.4 is 0 Å². The number of fused-ring (bicyclic) bond motifs is 3. The van der Waals surface area contributed by atoms with E-state index in [4.69, 9.17) is 10.5 Å². The SMILES string of the molecule is N#CC(C#N)C(c1ccc2c(c1)CC1C=CC=CC21)S(=O)(=O)O. The van der Waals surface area contributed by atoms with Crippen LogP contribution in [0.15, 0.2) is 42.5 Å². The monoisotopic (exact) mass is 326 g/mol. The Morgan fingerprint density at radius 2 is 1.87 bits per heavy atom. The van der Waals surface area contributed by atoms with Gasteiger partial charge in [-0.15, -0.1) is 0 Å². The molecule has 0 heterocycles.